The van der Waals surface area contributed by atoms with Crippen LogP contribution in [0.15, 0.2) is 47.4 Å². The van der Waals surface area contributed by atoms with E-state index in [0.29, 0.717) is 12.1 Å². The average Bonchev–Trinajstić information content (AvgIpc) is 3.03. The first-order valence-electron chi connectivity index (χ1n) is 11.0. The Hall–Kier alpha value is -2.71. The molecule has 2 amide bonds. The van der Waals surface area contributed by atoms with Gasteiger partial charge in [-0.1, -0.05) is 24.1 Å². The van der Waals surface area contributed by atoms with E-state index in [4.69, 9.17) is 0 Å². The van der Waals surface area contributed by atoms with E-state index in [9.17, 15) is 18.0 Å². The van der Waals surface area contributed by atoms with Gasteiger partial charge in [-0.3, -0.25) is 9.59 Å². The molecule has 2 aromatic rings. The summed E-state index contributed by atoms with van der Waals surface area (Å²) in [7, 11) is -2.46. The molecule has 0 spiro atoms. The van der Waals surface area contributed by atoms with Crippen LogP contribution in [0.4, 0.5) is 11.4 Å². The number of aryl methyl sites for hydroxylation is 1. The molecule has 1 heterocycles. The second-order valence-electron chi connectivity index (χ2n) is 8.86. The van der Waals surface area contributed by atoms with Crippen LogP contribution in [-0.2, 0) is 26.0 Å². The molecule has 1 aliphatic carbocycles. The number of anilines is 2. The first kappa shape index (κ1) is 22.5. The monoisotopic (exact) mass is 455 g/mol. The third-order valence-corrected chi connectivity index (χ3v) is 8.17. The molecule has 4 rings (SSSR count). The van der Waals surface area contributed by atoms with E-state index in [0.717, 1.165) is 40.4 Å². The van der Waals surface area contributed by atoms with Gasteiger partial charge in [0.1, 0.15) is 0 Å². The minimum absolute atomic E-state index is 0.00840. The van der Waals surface area contributed by atoms with Gasteiger partial charge in [-0.2, -0.15) is 4.31 Å². The Morgan fingerprint density at radius 3 is 2.44 bits per heavy atom. The number of nitrogens with zero attached hydrogens (tertiary/aromatic N) is 2. The number of likely N-dealkylation sites (N-methyl/N-ethyl adjacent to an activating group) is 1. The van der Waals surface area contributed by atoms with Crippen LogP contribution in [0.5, 0.6) is 0 Å². The molecule has 2 aromatic carbocycles. The molecule has 1 atom stereocenters. The number of hydrogen-bond donors (Lipinski definition) is 1. The molecule has 0 bridgehead atoms. The second kappa shape index (κ2) is 8.67. The van der Waals surface area contributed by atoms with Crippen LogP contribution in [0.1, 0.15) is 37.3 Å². The van der Waals surface area contributed by atoms with E-state index < -0.39 is 15.9 Å². The summed E-state index contributed by atoms with van der Waals surface area (Å²) >= 11 is 0. The van der Waals surface area contributed by atoms with Gasteiger partial charge in [0.2, 0.25) is 21.8 Å². The normalized spacial score (nSPS) is 18.4. The Bertz CT molecular complexity index is 1140. The molecular formula is C24H29N3O4S. The lowest BCUT2D eigenvalue weighted by Gasteiger charge is -2.32. The molecule has 1 aliphatic heterocycles. The standard InChI is InChI=1S/C24H29N3O4S/c1-16-7-9-20(10-8-16)25-23(28)15-26(3)32(30,31)21-11-12-22-19(14-21)13-17(2)27(22)24(29)18-5-4-6-18/h7-12,14,17-18H,4-6,13,15H2,1-3H3,(H,25,28)/t17-/m0/s1. The second-order valence-corrected chi connectivity index (χ2v) is 10.9. The van der Waals surface area contributed by atoms with Gasteiger partial charge in [0.25, 0.3) is 0 Å². The molecule has 0 unspecified atom stereocenters. The number of fused-ring (bicyclic) bond motifs is 1. The van der Waals surface area contributed by atoms with Crippen LogP contribution in [0.25, 0.3) is 0 Å². The Balaban J connectivity index is 1.48. The SMILES string of the molecule is Cc1ccc(NC(=O)CN(C)S(=O)(=O)c2ccc3c(c2)C[C@H](C)N3C(=O)C2CCC2)cc1. The van der Waals surface area contributed by atoms with E-state index in [-0.39, 0.29) is 29.3 Å². The summed E-state index contributed by atoms with van der Waals surface area (Å²) in [5, 5.41) is 2.72. The van der Waals surface area contributed by atoms with Gasteiger partial charge in [-0.25, -0.2) is 8.42 Å². The number of amides is 2. The first-order chi connectivity index (χ1) is 15.2. The van der Waals surface area contributed by atoms with Crippen molar-refractivity contribution in [1.29, 1.82) is 0 Å². The summed E-state index contributed by atoms with van der Waals surface area (Å²) in [4.78, 5) is 27.2. The van der Waals surface area contributed by atoms with E-state index in [1.54, 1.807) is 24.3 Å². The summed E-state index contributed by atoms with van der Waals surface area (Å²) in [6, 6.07) is 12.2. The number of sulfonamides is 1. The van der Waals surface area contributed by atoms with Crippen molar-refractivity contribution in [3.8, 4) is 0 Å². The molecule has 0 aromatic heterocycles. The van der Waals surface area contributed by atoms with Crippen molar-refractivity contribution in [3.63, 3.8) is 0 Å². The Morgan fingerprint density at radius 1 is 1.12 bits per heavy atom. The van der Waals surface area contributed by atoms with Crippen LogP contribution < -0.4 is 10.2 Å². The highest BCUT2D eigenvalue weighted by Crippen LogP contribution is 2.38. The maximum atomic E-state index is 13.1. The van der Waals surface area contributed by atoms with Crippen molar-refractivity contribution in [2.75, 3.05) is 23.8 Å². The number of benzene rings is 2. The van der Waals surface area contributed by atoms with Crippen molar-refractivity contribution in [2.45, 2.75) is 50.5 Å². The predicted molar refractivity (Wildman–Crippen MR) is 124 cm³/mol. The molecule has 1 saturated carbocycles. The lowest BCUT2D eigenvalue weighted by molar-refractivity contribution is -0.125. The fourth-order valence-corrected chi connectivity index (χ4v) is 5.44. The van der Waals surface area contributed by atoms with Gasteiger partial charge in [0, 0.05) is 30.4 Å². The molecule has 1 fully saturated rings. The van der Waals surface area contributed by atoms with Crippen molar-refractivity contribution in [2.24, 2.45) is 5.92 Å². The Labute approximate surface area is 189 Å². The smallest absolute Gasteiger partial charge is 0.243 e. The topological polar surface area (TPSA) is 86.8 Å². The molecule has 8 heteroatoms. The van der Waals surface area contributed by atoms with E-state index >= 15 is 0 Å². The van der Waals surface area contributed by atoms with Gasteiger partial charge >= 0.3 is 0 Å². The van der Waals surface area contributed by atoms with Crippen LogP contribution in [0, 0.1) is 12.8 Å². The zero-order valence-electron chi connectivity index (χ0n) is 18.7. The number of carbonyl (C=O) groups excluding carboxylic acids is 2. The van der Waals surface area contributed by atoms with E-state index in [1.807, 2.05) is 30.9 Å². The number of rotatable bonds is 6. The summed E-state index contributed by atoms with van der Waals surface area (Å²) in [6.45, 7) is 3.65. The summed E-state index contributed by atoms with van der Waals surface area (Å²) < 4.78 is 27.2. The fraction of sp³-hybridized carbons (Fsp3) is 0.417. The van der Waals surface area contributed by atoms with Crippen molar-refractivity contribution in [1.82, 2.24) is 4.31 Å². The molecular weight excluding hydrogens is 426 g/mol. The number of hydrogen-bond acceptors (Lipinski definition) is 4. The van der Waals surface area contributed by atoms with Gasteiger partial charge in [0.15, 0.2) is 0 Å². The van der Waals surface area contributed by atoms with E-state index in [2.05, 4.69) is 5.32 Å². The van der Waals surface area contributed by atoms with Crippen LogP contribution in [-0.4, -0.2) is 44.2 Å². The maximum absolute atomic E-state index is 13.1. The summed E-state index contributed by atoms with van der Waals surface area (Å²) in [5.74, 6) is -0.181. The lowest BCUT2D eigenvalue weighted by atomic mass is 9.84. The van der Waals surface area contributed by atoms with Gasteiger partial charge in [-0.15, -0.1) is 0 Å². The first-order valence-corrected chi connectivity index (χ1v) is 12.4. The predicted octanol–water partition coefficient (Wildman–Crippen LogP) is 3.33. The molecule has 1 N–H and O–H groups in total. The Kier molecular flexibility index (Phi) is 6.09. The maximum Gasteiger partial charge on any atom is 0.243 e. The molecule has 0 radical (unpaired) electrons. The Morgan fingerprint density at radius 2 is 1.81 bits per heavy atom. The van der Waals surface area contributed by atoms with Gasteiger partial charge in [0.05, 0.1) is 11.4 Å². The van der Waals surface area contributed by atoms with Crippen molar-refractivity contribution < 1.29 is 18.0 Å². The highest BCUT2D eigenvalue weighted by molar-refractivity contribution is 7.89. The molecule has 2 aliphatic rings. The van der Waals surface area contributed by atoms with Crippen LogP contribution in [0.3, 0.4) is 0 Å². The quantitative estimate of drug-likeness (QED) is 0.724. The third kappa shape index (κ3) is 4.29. The fourth-order valence-electron chi connectivity index (χ4n) is 4.26. The van der Waals surface area contributed by atoms with Crippen LogP contribution >= 0.6 is 0 Å². The minimum atomic E-state index is -3.85. The van der Waals surface area contributed by atoms with Crippen molar-refractivity contribution in [3.05, 3.63) is 53.6 Å². The summed E-state index contributed by atoms with van der Waals surface area (Å²) in [6.07, 6.45) is 3.57. The van der Waals surface area contributed by atoms with Crippen molar-refractivity contribution >= 4 is 33.2 Å². The lowest BCUT2D eigenvalue weighted by Crippen LogP contribution is -2.42. The summed E-state index contributed by atoms with van der Waals surface area (Å²) in [5.41, 5.74) is 3.34. The average molecular weight is 456 g/mol. The third-order valence-electron chi connectivity index (χ3n) is 6.37. The highest BCUT2D eigenvalue weighted by Gasteiger charge is 2.37. The van der Waals surface area contributed by atoms with Gasteiger partial charge < -0.3 is 10.2 Å². The zero-order valence-corrected chi connectivity index (χ0v) is 19.5. The zero-order chi connectivity index (χ0) is 23.0. The molecule has 0 saturated heterocycles. The number of nitrogens with one attached hydrogen (secondary N) is 1. The molecule has 7 nitrogen and oxygen atoms in total. The van der Waals surface area contributed by atoms with E-state index in [1.165, 1.54) is 13.1 Å². The van der Waals surface area contributed by atoms with Gasteiger partial charge in [-0.05, 0) is 69.0 Å². The largest absolute Gasteiger partial charge is 0.325 e. The van der Waals surface area contributed by atoms with Crippen LogP contribution in [0.2, 0.25) is 0 Å². The highest BCUT2D eigenvalue weighted by atomic mass is 32.2. The minimum Gasteiger partial charge on any atom is -0.325 e. The molecule has 32 heavy (non-hydrogen) atoms. The number of carbonyl (C=O) groups is 2. The molecule has 170 valence electrons.